The Morgan fingerprint density at radius 2 is 1.92 bits per heavy atom. The molecule has 5 heteroatoms. The number of ether oxygens (including phenoxy) is 1. The zero-order valence-electron chi connectivity index (χ0n) is 15.7. The van der Waals surface area contributed by atoms with Crippen molar-refractivity contribution in [2.24, 2.45) is 0 Å². The molecule has 26 heavy (non-hydrogen) atoms. The fraction of sp³-hybridized carbons (Fsp3) is 0.429. The number of alkyl halides is 1. The quantitative estimate of drug-likeness (QED) is 0.401. The van der Waals surface area contributed by atoms with E-state index in [2.05, 4.69) is 30.3 Å². The highest BCUT2D eigenvalue weighted by Crippen LogP contribution is 2.28. The van der Waals surface area contributed by atoms with Crippen molar-refractivity contribution < 1.29 is 4.74 Å². The van der Waals surface area contributed by atoms with Crippen LogP contribution in [0.3, 0.4) is 0 Å². The number of para-hydroxylation sites is 1. The first kappa shape index (κ1) is 18.7. The van der Waals surface area contributed by atoms with Crippen LogP contribution in [0.4, 0.5) is 0 Å². The van der Waals surface area contributed by atoms with E-state index in [9.17, 15) is 0 Å². The molecule has 0 aliphatic heterocycles. The molecule has 4 nitrogen and oxygen atoms in total. The van der Waals surface area contributed by atoms with Crippen molar-refractivity contribution >= 4 is 22.6 Å². The minimum Gasteiger partial charge on any atom is -0.493 e. The van der Waals surface area contributed by atoms with Crippen molar-refractivity contribution in [3.8, 4) is 5.75 Å². The number of aryl methyl sites for hydroxylation is 3. The summed E-state index contributed by atoms with van der Waals surface area (Å²) < 4.78 is 8.17. The fourth-order valence-electron chi connectivity index (χ4n) is 3.16. The van der Waals surface area contributed by atoms with E-state index in [0.717, 1.165) is 42.0 Å². The number of halogens is 1. The third kappa shape index (κ3) is 4.01. The lowest BCUT2D eigenvalue weighted by Crippen LogP contribution is -2.11. The zero-order chi connectivity index (χ0) is 18.5. The van der Waals surface area contributed by atoms with Crippen molar-refractivity contribution in [3.63, 3.8) is 0 Å². The van der Waals surface area contributed by atoms with Gasteiger partial charge in [0.15, 0.2) is 0 Å². The van der Waals surface area contributed by atoms with Gasteiger partial charge >= 0.3 is 0 Å². The van der Waals surface area contributed by atoms with Gasteiger partial charge in [0, 0.05) is 24.0 Å². The van der Waals surface area contributed by atoms with Crippen LogP contribution in [-0.4, -0.2) is 27.0 Å². The van der Waals surface area contributed by atoms with Crippen molar-refractivity contribution in [1.82, 2.24) is 14.5 Å². The van der Waals surface area contributed by atoms with Crippen LogP contribution in [-0.2, 0) is 6.54 Å². The van der Waals surface area contributed by atoms with E-state index in [4.69, 9.17) is 21.3 Å². The smallest absolute Gasteiger partial charge is 0.119 e. The van der Waals surface area contributed by atoms with Crippen LogP contribution in [0.25, 0.3) is 11.0 Å². The molecule has 1 aromatic carbocycles. The van der Waals surface area contributed by atoms with E-state index in [0.29, 0.717) is 12.5 Å². The van der Waals surface area contributed by atoms with E-state index in [-0.39, 0.29) is 5.92 Å². The zero-order valence-corrected chi connectivity index (χ0v) is 16.5. The first-order valence-electron chi connectivity index (χ1n) is 9.17. The average Bonchev–Trinajstić information content (AvgIpc) is 3.08. The molecule has 0 aliphatic rings. The van der Waals surface area contributed by atoms with Gasteiger partial charge in [0.1, 0.15) is 11.3 Å². The van der Waals surface area contributed by atoms with Crippen LogP contribution in [0.15, 0.2) is 36.7 Å². The molecule has 0 radical (unpaired) electrons. The summed E-state index contributed by atoms with van der Waals surface area (Å²) in [6.07, 6.45) is 4.00. The Morgan fingerprint density at radius 3 is 2.65 bits per heavy atom. The fourth-order valence-corrected chi connectivity index (χ4v) is 3.35. The maximum Gasteiger partial charge on any atom is 0.119 e. The molecule has 0 amide bonds. The molecule has 0 fully saturated rings. The van der Waals surface area contributed by atoms with Gasteiger partial charge in [-0.3, -0.25) is 4.98 Å². The maximum atomic E-state index is 5.94. The van der Waals surface area contributed by atoms with Crippen LogP contribution in [0, 0.1) is 13.8 Å². The molecule has 0 aliphatic carbocycles. The van der Waals surface area contributed by atoms with Crippen LogP contribution < -0.4 is 4.74 Å². The molecule has 2 heterocycles. The molecular formula is C21H26ClN3O. The van der Waals surface area contributed by atoms with Crippen LogP contribution in [0.1, 0.15) is 42.6 Å². The number of fused-ring (bicyclic) bond motifs is 1. The molecule has 1 unspecified atom stereocenters. The number of rotatable bonds is 8. The van der Waals surface area contributed by atoms with E-state index in [1.54, 1.807) is 0 Å². The molecule has 0 saturated carbocycles. The molecule has 0 N–H and O–H groups in total. The first-order chi connectivity index (χ1) is 12.6. The largest absolute Gasteiger partial charge is 0.493 e. The number of aromatic nitrogens is 3. The highest BCUT2D eigenvalue weighted by Gasteiger charge is 2.19. The van der Waals surface area contributed by atoms with Crippen molar-refractivity contribution in [2.75, 3.05) is 12.5 Å². The summed E-state index contributed by atoms with van der Waals surface area (Å²) in [6, 6.07) is 9.90. The van der Waals surface area contributed by atoms with E-state index < -0.39 is 0 Å². The summed E-state index contributed by atoms with van der Waals surface area (Å²) in [4.78, 5) is 9.53. The Morgan fingerprint density at radius 1 is 1.15 bits per heavy atom. The molecule has 2 aromatic heterocycles. The minimum absolute atomic E-state index is 0.156. The first-order valence-corrected chi connectivity index (χ1v) is 9.71. The summed E-state index contributed by atoms with van der Waals surface area (Å²) in [5.74, 6) is 1.74. The molecule has 0 bridgehead atoms. The highest BCUT2D eigenvalue weighted by atomic mass is 35.5. The minimum atomic E-state index is 0.156. The lowest BCUT2D eigenvalue weighted by Gasteiger charge is -2.16. The second-order valence-corrected chi connectivity index (χ2v) is 7.14. The van der Waals surface area contributed by atoms with Crippen LogP contribution >= 0.6 is 11.6 Å². The predicted octanol–water partition coefficient (Wildman–Crippen LogP) is 5.25. The lowest BCUT2D eigenvalue weighted by atomic mass is 10.0. The standard InChI is InChI=1S/C21H26ClN3O/c1-15(13-26-18-9-5-4-6-10-18)19-20-21(16(2)17(3)24-19)25(14-23-20)12-8-7-11-22/h4-6,9-10,14-15H,7-8,11-13H2,1-3H3. The van der Waals surface area contributed by atoms with E-state index in [1.807, 2.05) is 36.7 Å². The van der Waals surface area contributed by atoms with Gasteiger partial charge in [-0.2, -0.15) is 0 Å². The molecule has 3 aromatic rings. The van der Waals surface area contributed by atoms with Gasteiger partial charge in [0.05, 0.1) is 24.1 Å². The molecule has 1 atom stereocenters. The summed E-state index contributed by atoms with van der Waals surface area (Å²) in [6.45, 7) is 7.85. The van der Waals surface area contributed by atoms with Crippen LogP contribution in [0.5, 0.6) is 5.75 Å². The number of hydrogen-bond acceptors (Lipinski definition) is 3. The molecule has 138 valence electrons. The van der Waals surface area contributed by atoms with Gasteiger partial charge in [0.2, 0.25) is 0 Å². The average molecular weight is 372 g/mol. The summed E-state index contributed by atoms with van der Waals surface area (Å²) in [5.41, 5.74) is 5.44. The van der Waals surface area contributed by atoms with Crippen molar-refractivity contribution in [2.45, 2.75) is 46.1 Å². The highest BCUT2D eigenvalue weighted by molar-refractivity contribution is 6.17. The van der Waals surface area contributed by atoms with Crippen LogP contribution in [0.2, 0.25) is 0 Å². The van der Waals surface area contributed by atoms with Crippen molar-refractivity contribution in [1.29, 1.82) is 0 Å². The van der Waals surface area contributed by atoms with Gasteiger partial charge < -0.3 is 9.30 Å². The molecule has 3 rings (SSSR count). The maximum absolute atomic E-state index is 5.94. The Balaban J connectivity index is 1.86. The third-order valence-corrected chi connectivity index (χ3v) is 5.03. The number of pyridine rings is 1. The van der Waals surface area contributed by atoms with Gasteiger partial charge in [-0.25, -0.2) is 4.98 Å². The predicted molar refractivity (Wildman–Crippen MR) is 107 cm³/mol. The number of unbranched alkanes of at least 4 members (excludes halogenated alkanes) is 1. The second-order valence-electron chi connectivity index (χ2n) is 6.76. The summed E-state index contributed by atoms with van der Waals surface area (Å²) in [7, 11) is 0. The number of hydrogen-bond donors (Lipinski definition) is 0. The Labute approximate surface area is 160 Å². The normalized spacial score (nSPS) is 12.5. The second kappa shape index (κ2) is 8.54. The van der Waals surface area contributed by atoms with Gasteiger partial charge in [-0.1, -0.05) is 25.1 Å². The Kier molecular flexibility index (Phi) is 6.15. The van der Waals surface area contributed by atoms with E-state index >= 15 is 0 Å². The Bertz CT molecular complexity index is 861. The topological polar surface area (TPSA) is 39.9 Å². The Hall–Kier alpha value is -2.07. The van der Waals surface area contributed by atoms with Crippen molar-refractivity contribution in [3.05, 3.63) is 53.6 Å². The number of nitrogens with zero attached hydrogens (tertiary/aromatic N) is 3. The molecule has 0 saturated heterocycles. The van der Waals surface area contributed by atoms with Gasteiger partial charge in [-0.05, 0) is 44.4 Å². The number of imidazole rings is 1. The van der Waals surface area contributed by atoms with E-state index in [1.165, 1.54) is 11.1 Å². The summed E-state index contributed by atoms with van der Waals surface area (Å²) in [5, 5.41) is 0. The molecular weight excluding hydrogens is 346 g/mol. The lowest BCUT2D eigenvalue weighted by molar-refractivity contribution is 0.294. The SMILES string of the molecule is Cc1nc(C(C)COc2ccccc2)c2ncn(CCCCCl)c2c1C. The third-order valence-electron chi connectivity index (χ3n) is 4.76. The summed E-state index contributed by atoms with van der Waals surface area (Å²) >= 11 is 5.82. The monoisotopic (exact) mass is 371 g/mol. The molecule has 0 spiro atoms. The van der Waals surface area contributed by atoms with Gasteiger partial charge in [-0.15, -0.1) is 11.6 Å². The van der Waals surface area contributed by atoms with Gasteiger partial charge in [0.25, 0.3) is 0 Å². The number of benzene rings is 1.